The molecule has 184 valence electrons. The molecule has 0 saturated heterocycles. The second-order valence-corrected chi connectivity index (χ2v) is 10.8. The third kappa shape index (κ3) is 7.05. The molecule has 4 nitrogen and oxygen atoms in total. The molecule has 0 bridgehead atoms. The van der Waals surface area contributed by atoms with E-state index in [1.807, 2.05) is 36.4 Å². The Morgan fingerprint density at radius 1 is 0.583 bits per heavy atom. The zero-order valence-electron chi connectivity index (χ0n) is 22.1. The van der Waals surface area contributed by atoms with Crippen LogP contribution in [-0.2, 0) is 5.54 Å². The molecule has 0 amide bonds. The van der Waals surface area contributed by atoms with Gasteiger partial charge in [-0.15, -0.1) is 0 Å². The van der Waals surface area contributed by atoms with Crippen molar-refractivity contribution in [3.63, 3.8) is 0 Å². The number of benzene rings is 3. The fraction of sp³-hybridized carbons (Fsp3) is 0.250. The maximum Gasteiger partial charge on any atom is 0.0807 e. The van der Waals surface area contributed by atoms with Crippen molar-refractivity contribution in [2.75, 3.05) is 10.6 Å². The monoisotopic (exact) mass is 476 g/mol. The van der Waals surface area contributed by atoms with E-state index in [1.165, 1.54) is 5.56 Å². The highest BCUT2D eigenvalue weighted by Crippen LogP contribution is 2.28. The molecule has 0 radical (unpaired) electrons. The molecule has 0 spiro atoms. The van der Waals surface area contributed by atoms with Gasteiger partial charge in [-0.1, -0.05) is 29.8 Å². The van der Waals surface area contributed by atoms with E-state index in [9.17, 15) is 0 Å². The van der Waals surface area contributed by atoms with Gasteiger partial charge in [0, 0.05) is 22.6 Å². The van der Waals surface area contributed by atoms with Crippen LogP contribution in [0.3, 0.4) is 0 Å². The molecule has 0 atom stereocenters. The molecule has 0 unspecified atom stereocenters. The summed E-state index contributed by atoms with van der Waals surface area (Å²) in [6.45, 7) is 12.8. The molecule has 1 aliphatic rings. The van der Waals surface area contributed by atoms with Crippen LogP contribution in [0.1, 0.15) is 45.7 Å². The van der Waals surface area contributed by atoms with Crippen LogP contribution in [-0.4, -0.2) is 17.0 Å². The third-order valence-corrected chi connectivity index (χ3v) is 5.83. The number of anilines is 3. The first-order chi connectivity index (χ1) is 17.1. The van der Waals surface area contributed by atoms with Crippen molar-refractivity contribution in [2.24, 2.45) is 9.98 Å². The first-order valence-corrected chi connectivity index (χ1v) is 12.4. The summed E-state index contributed by atoms with van der Waals surface area (Å²) < 4.78 is 0. The van der Waals surface area contributed by atoms with Crippen LogP contribution in [0.5, 0.6) is 0 Å². The molecule has 2 N–H and O–H groups in total. The lowest BCUT2D eigenvalue weighted by molar-refractivity contribution is 0.560. The minimum Gasteiger partial charge on any atom is -0.380 e. The molecule has 0 saturated carbocycles. The number of nitrogens with zero attached hydrogens (tertiary/aromatic N) is 2. The van der Waals surface area contributed by atoms with E-state index in [0.29, 0.717) is 0 Å². The fourth-order valence-corrected chi connectivity index (χ4v) is 3.96. The maximum atomic E-state index is 5.00. The lowest BCUT2D eigenvalue weighted by Gasteiger charge is -2.23. The lowest BCUT2D eigenvalue weighted by Crippen LogP contribution is -2.25. The second-order valence-electron chi connectivity index (χ2n) is 10.8. The Kier molecular flexibility index (Phi) is 7.25. The average molecular weight is 477 g/mol. The van der Waals surface area contributed by atoms with Crippen LogP contribution in [0.2, 0.25) is 0 Å². The Balaban J connectivity index is 1.40. The smallest absolute Gasteiger partial charge is 0.0807 e. The van der Waals surface area contributed by atoms with Crippen molar-refractivity contribution in [1.82, 2.24) is 0 Å². The first kappa shape index (κ1) is 25.2. The summed E-state index contributed by atoms with van der Waals surface area (Å²) in [5, 5.41) is 6.97. The Bertz CT molecular complexity index is 1280. The van der Waals surface area contributed by atoms with Crippen LogP contribution in [0.15, 0.2) is 107 Å². The Morgan fingerprint density at radius 3 is 1.64 bits per heavy atom. The molecule has 36 heavy (non-hydrogen) atoms. The molecule has 0 heterocycles. The molecule has 3 aromatic rings. The normalized spacial score (nSPS) is 13.5. The number of hydrogen-bond acceptors (Lipinski definition) is 4. The Labute approximate surface area is 215 Å². The standard InChI is InChI=1S/C32H36N4/c1-23-7-11-25(12-8-23)33-28-17-21-30(22-18-28)36-32(5,6)24-9-13-26(14-10-24)34-27-15-19-29(20-16-27)35-31(2,3)4/h7-22,34-35H,1-6H3. The zero-order valence-corrected chi connectivity index (χ0v) is 22.1. The number of nitrogens with one attached hydrogen (secondary N) is 2. The predicted octanol–water partition coefficient (Wildman–Crippen LogP) is 8.52. The number of hydrogen-bond donors (Lipinski definition) is 2. The van der Waals surface area contributed by atoms with Crippen LogP contribution in [0.4, 0.5) is 22.7 Å². The summed E-state index contributed by atoms with van der Waals surface area (Å²) in [5.74, 6) is 0. The highest BCUT2D eigenvalue weighted by atomic mass is 15.0. The van der Waals surface area contributed by atoms with Crippen molar-refractivity contribution in [2.45, 2.75) is 52.6 Å². The van der Waals surface area contributed by atoms with Gasteiger partial charge in [0.25, 0.3) is 0 Å². The fourth-order valence-electron chi connectivity index (χ4n) is 3.96. The number of rotatable bonds is 6. The summed E-state index contributed by atoms with van der Waals surface area (Å²) in [4.78, 5) is 9.69. The Hall–Kier alpha value is -3.92. The quantitative estimate of drug-likeness (QED) is 0.350. The largest absolute Gasteiger partial charge is 0.380 e. The van der Waals surface area contributed by atoms with E-state index >= 15 is 0 Å². The summed E-state index contributed by atoms with van der Waals surface area (Å²) >= 11 is 0. The molecule has 3 aromatic carbocycles. The van der Waals surface area contributed by atoms with E-state index in [4.69, 9.17) is 9.98 Å². The summed E-state index contributed by atoms with van der Waals surface area (Å²) in [7, 11) is 0. The van der Waals surface area contributed by atoms with Gasteiger partial charge in [0.2, 0.25) is 0 Å². The van der Waals surface area contributed by atoms with Gasteiger partial charge in [-0.2, -0.15) is 0 Å². The highest BCUT2D eigenvalue weighted by Gasteiger charge is 2.20. The van der Waals surface area contributed by atoms with Crippen molar-refractivity contribution in [3.05, 3.63) is 108 Å². The van der Waals surface area contributed by atoms with Crippen molar-refractivity contribution < 1.29 is 0 Å². The van der Waals surface area contributed by atoms with Crippen LogP contribution in [0, 0.1) is 6.92 Å². The Morgan fingerprint density at radius 2 is 1.08 bits per heavy atom. The molecule has 4 rings (SSSR count). The third-order valence-electron chi connectivity index (χ3n) is 5.83. The van der Waals surface area contributed by atoms with E-state index < -0.39 is 0 Å². The molecular weight excluding hydrogens is 440 g/mol. The van der Waals surface area contributed by atoms with Crippen LogP contribution in [0.25, 0.3) is 0 Å². The van der Waals surface area contributed by atoms with Gasteiger partial charge < -0.3 is 10.6 Å². The molecule has 4 heteroatoms. The first-order valence-electron chi connectivity index (χ1n) is 12.4. The summed E-state index contributed by atoms with van der Waals surface area (Å²) in [6, 6.07) is 25.1. The number of allylic oxidation sites excluding steroid dienone is 4. The van der Waals surface area contributed by atoms with E-state index in [0.717, 1.165) is 39.7 Å². The predicted molar refractivity (Wildman–Crippen MR) is 157 cm³/mol. The summed E-state index contributed by atoms with van der Waals surface area (Å²) in [5.41, 5.74) is 8.12. The van der Waals surface area contributed by atoms with Gasteiger partial charge in [-0.05, 0) is 120 Å². The maximum absolute atomic E-state index is 5.00. The lowest BCUT2D eigenvalue weighted by atomic mass is 9.94. The zero-order chi connectivity index (χ0) is 25.8. The summed E-state index contributed by atoms with van der Waals surface area (Å²) in [6.07, 6.45) is 8.10. The molecule has 0 fully saturated rings. The minimum absolute atomic E-state index is 0.0431. The van der Waals surface area contributed by atoms with Crippen molar-refractivity contribution >= 4 is 34.2 Å². The SMILES string of the molecule is Cc1ccc(N=C2C=CC(=NC(C)(C)c3ccc(Nc4ccc(NC(C)(C)C)cc4)cc3)C=C2)cc1. The van der Waals surface area contributed by atoms with Crippen LogP contribution < -0.4 is 10.6 Å². The minimum atomic E-state index is -0.353. The van der Waals surface area contributed by atoms with E-state index in [-0.39, 0.29) is 11.1 Å². The van der Waals surface area contributed by atoms with Gasteiger partial charge in [-0.25, -0.2) is 4.99 Å². The van der Waals surface area contributed by atoms with Gasteiger partial charge in [0.05, 0.1) is 22.6 Å². The molecular formula is C32H36N4. The molecule has 0 aliphatic heterocycles. The van der Waals surface area contributed by atoms with E-state index in [1.54, 1.807) is 0 Å². The molecule has 1 aliphatic carbocycles. The average Bonchev–Trinajstić information content (AvgIpc) is 2.82. The van der Waals surface area contributed by atoms with Gasteiger partial charge in [-0.3, -0.25) is 4.99 Å². The second kappa shape index (κ2) is 10.4. The van der Waals surface area contributed by atoms with Gasteiger partial charge in [0.1, 0.15) is 0 Å². The van der Waals surface area contributed by atoms with Gasteiger partial charge >= 0.3 is 0 Å². The van der Waals surface area contributed by atoms with Gasteiger partial charge in [0.15, 0.2) is 0 Å². The van der Waals surface area contributed by atoms with E-state index in [2.05, 4.69) is 113 Å². The molecule has 0 aromatic heterocycles. The van der Waals surface area contributed by atoms with Crippen LogP contribution >= 0.6 is 0 Å². The topological polar surface area (TPSA) is 48.8 Å². The number of aliphatic imine (C=N–C) groups is 2. The highest BCUT2D eigenvalue weighted by molar-refractivity contribution is 6.19. The van der Waals surface area contributed by atoms with Crippen molar-refractivity contribution in [3.8, 4) is 0 Å². The van der Waals surface area contributed by atoms with Crippen molar-refractivity contribution in [1.29, 1.82) is 0 Å². The number of aryl methyl sites for hydroxylation is 1.